The van der Waals surface area contributed by atoms with Crippen molar-refractivity contribution in [2.75, 3.05) is 0 Å². The first-order valence-corrected chi connectivity index (χ1v) is 8.24. The molecule has 0 bridgehead atoms. The Morgan fingerprint density at radius 2 is 1.09 bits per heavy atom. The fourth-order valence-corrected chi connectivity index (χ4v) is 3.63. The maximum absolute atomic E-state index is 2.39. The molecule has 0 heterocycles. The molecule has 0 nitrogen and oxygen atoms in total. The fraction of sp³-hybridized carbons (Fsp3) is 0.409. The Morgan fingerprint density at radius 3 is 1.43 bits per heavy atom. The van der Waals surface area contributed by atoms with Crippen molar-refractivity contribution in [1.82, 2.24) is 0 Å². The van der Waals surface area contributed by atoms with Crippen molar-refractivity contribution in [3.05, 3.63) is 77.7 Å². The van der Waals surface area contributed by atoms with Gasteiger partial charge in [0.2, 0.25) is 0 Å². The summed E-state index contributed by atoms with van der Waals surface area (Å²) >= 11 is 0. The molecular formula is C22H29K. The van der Waals surface area contributed by atoms with Gasteiger partial charge in [-0.2, -0.15) is 0 Å². The van der Waals surface area contributed by atoms with Gasteiger partial charge in [0.25, 0.3) is 0 Å². The summed E-state index contributed by atoms with van der Waals surface area (Å²) < 4.78 is 0. The summed E-state index contributed by atoms with van der Waals surface area (Å²) in [6.07, 6.45) is 2.31. The van der Waals surface area contributed by atoms with Gasteiger partial charge in [-0.15, -0.1) is 41.3 Å². The van der Waals surface area contributed by atoms with Gasteiger partial charge in [0.1, 0.15) is 0 Å². The predicted molar refractivity (Wildman–Crippen MR) is 96.8 cm³/mol. The monoisotopic (exact) mass is 332 g/mol. The Hall–Kier alpha value is -0.0536. The zero-order chi connectivity index (χ0) is 16.2. The molecule has 0 N–H and O–H groups in total. The van der Waals surface area contributed by atoms with Crippen LogP contribution in [0.2, 0.25) is 0 Å². The van der Waals surface area contributed by atoms with Crippen molar-refractivity contribution < 1.29 is 51.4 Å². The third kappa shape index (κ3) is 7.15. The van der Waals surface area contributed by atoms with E-state index in [1.165, 1.54) is 23.5 Å². The molecule has 0 fully saturated rings. The summed E-state index contributed by atoms with van der Waals surface area (Å²) in [6.45, 7) is 11.8. The molecule has 0 aliphatic carbocycles. The molecule has 2 aromatic carbocycles. The molecular weight excluding hydrogens is 303 g/mol. The summed E-state index contributed by atoms with van der Waals surface area (Å²) in [4.78, 5) is 0. The van der Waals surface area contributed by atoms with Crippen molar-refractivity contribution in [1.29, 1.82) is 0 Å². The summed E-state index contributed by atoms with van der Waals surface area (Å²) in [6, 6.07) is 21.6. The topological polar surface area (TPSA) is 0 Å². The minimum Gasteiger partial charge on any atom is -0.120 e. The first-order chi connectivity index (χ1) is 10.3. The van der Waals surface area contributed by atoms with Gasteiger partial charge in [0.15, 0.2) is 0 Å². The number of benzene rings is 2. The van der Waals surface area contributed by atoms with E-state index in [1.54, 1.807) is 0 Å². The summed E-state index contributed by atoms with van der Waals surface area (Å²) in [5.41, 5.74) is 3.31. The van der Waals surface area contributed by atoms with Crippen LogP contribution < -0.4 is 51.4 Å². The van der Waals surface area contributed by atoms with Gasteiger partial charge in [-0.05, 0) is 17.3 Å². The normalized spacial score (nSPS) is 11.7. The van der Waals surface area contributed by atoms with Crippen LogP contribution in [0.5, 0.6) is 0 Å². The van der Waals surface area contributed by atoms with Crippen LogP contribution in [-0.2, 0) is 0 Å². The fourth-order valence-electron chi connectivity index (χ4n) is 3.63. The molecule has 0 unspecified atom stereocenters. The van der Waals surface area contributed by atoms with Crippen molar-refractivity contribution in [2.45, 2.75) is 47.5 Å². The molecule has 2 aromatic rings. The molecule has 0 amide bonds. The molecule has 0 aromatic heterocycles. The second-order valence-corrected chi connectivity index (χ2v) is 8.29. The maximum Gasteiger partial charge on any atom is 1.00 e. The van der Waals surface area contributed by atoms with Gasteiger partial charge in [-0.3, -0.25) is 0 Å². The molecule has 2 rings (SSSR count). The van der Waals surface area contributed by atoms with E-state index in [1.807, 2.05) is 0 Å². The SMILES string of the molecule is CC(C)(C)CC(C)(C)C[C-](c1ccccc1)c1ccccc1.[K+]. The van der Waals surface area contributed by atoms with Gasteiger partial charge >= 0.3 is 51.4 Å². The van der Waals surface area contributed by atoms with Gasteiger partial charge in [-0.1, -0.05) is 77.4 Å². The average molecular weight is 333 g/mol. The van der Waals surface area contributed by atoms with Crippen LogP contribution in [0.3, 0.4) is 0 Å². The predicted octanol–water partition coefficient (Wildman–Crippen LogP) is 3.51. The molecule has 118 valence electrons. The van der Waals surface area contributed by atoms with E-state index < -0.39 is 0 Å². The van der Waals surface area contributed by atoms with Crippen molar-refractivity contribution >= 4 is 0 Å². The van der Waals surface area contributed by atoms with E-state index >= 15 is 0 Å². The summed E-state index contributed by atoms with van der Waals surface area (Å²) in [5, 5.41) is 0. The maximum atomic E-state index is 2.39. The van der Waals surface area contributed by atoms with E-state index in [4.69, 9.17) is 0 Å². The van der Waals surface area contributed by atoms with E-state index in [9.17, 15) is 0 Å². The second-order valence-electron chi connectivity index (χ2n) is 8.29. The van der Waals surface area contributed by atoms with Crippen molar-refractivity contribution in [3.8, 4) is 0 Å². The summed E-state index contributed by atoms with van der Waals surface area (Å²) in [5.74, 6) is 1.45. The molecule has 23 heavy (non-hydrogen) atoms. The molecule has 0 aliphatic heterocycles. The first-order valence-electron chi connectivity index (χ1n) is 8.24. The molecule has 0 saturated carbocycles. The van der Waals surface area contributed by atoms with Crippen LogP contribution in [0.1, 0.15) is 58.6 Å². The average Bonchev–Trinajstić information content (AvgIpc) is 2.44. The molecule has 0 radical (unpaired) electrons. The van der Waals surface area contributed by atoms with E-state index in [-0.39, 0.29) is 56.8 Å². The van der Waals surface area contributed by atoms with E-state index in [0.717, 1.165) is 6.42 Å². The third-order valence-corrected chi connectivity index (χ3v) is 3.91. The van der Waals surface area contributed by atoms with Crippen molar-refractivity contribution in [3.63, 3.8) is 0 Å². The largest absolute Gasteiger partial charge is 1.00 e. The van der Waals surface area contributed by atoms with Crippen LogP contribution in [0, 0.1) is 16.7 Å². The van der Waals surface area contributed by atoms with Crippen LogP contribution in [0.15, 0.2) is 60.7 Å². The van der Waals surface area contributed by atoms with Crippen molar-refractivity contribution in [2.24, 2.45) is 10.8 Å². The first kappa shape index (κ1) is 21.0. The van der Waals surface area contributed by atoms with Crippen LogP contribution >= 0.6 is 0 Å². The Labute approximate surface area is 185 Å². The number of hydrogen-bond acceptors (Lipinski definition) is 0. The Morgan fingerprint density at radius 1 is 0.696 bits per heavy atom. The smallest absolute Gasteiger partial charge is 0.120 e. The van der Waals surface area contributed by atoms with Gasteiger partial charge in [0, 0.05) is 0 Å². The zero-order valence-electron chi connectivity index (χ0n) is 15.7. The number of hydrogen-bond donors (Lipinski definition) is 0. The van der Waals surface area contributed by atoms with Gasteiger partial charge < -0.3 is 0 Å². The second kappa shape index (κ2) is 8.87. The minimum atomic E-state index is 0. The Balaban J connectivity index is 0.00000264. The summed E-state index contributed by atoms with van der Waals surface area (Å²) in [7, 11) is 0. The quantitative estimate of drug-likeness (QED) is 0.580. The van der Waals surface area contributed by atoms with Gasteiger partial charge in [0.05, 0.1) is 0 Å². The molecule has 0 saturated heterocycles. The molecule has 0 atom stereocenters. The van der Waals surface area contributed by atoms with E-state index in [2.05, 4.69) is 95.3 Å². The van der Waals surface area contributed by atoms with Gasteiger partial charge in [-0.25, -0.2) is 0 Å². The Kier molecular flexibility index (Phi) is 8.10. The van der Waals surface area contributed by atoms with Crippen LogP contribution in [0.25, 0.3) is 0 Å². The third-order valence-electron chi connectivity index (χ3n) is 3.91. The molecule has 0 aliphatic rings. The van der Waals surface area contributed by atoms with Crippen LogP contribution in [-0.4, -0.2) is 0 Å². The van der Waals surface area contributed by atoms with E-state index in [0.29, 0.717) is 5.41 Å². The zero-order valence-corrected chi connectivity index (χ0v) is 18.8. The standard InChI is InChI=1S/C22H29.K/c1-21(2,3)17-22(4,5)16-20(18-12-8-6-9-13-18)19-14-10-7-11-15-19;/h6-15H,16-17H2,1-5H3;/q-1;+1. The Bertz CT molecular complexity index is 524. The molecule has 1 heteroatoms. The number of rotatable bonds is 5. The van der Waals surface area contributed by atoms with Crippen LogP contribution in [0.4, 0.5) is 0 Å². The molecule has 0 spiro atoms. The minimum absolute atomic E-state index is 0.